The fraction of sp³-hybridized carbons (Fsp3) is 0.409. The molecule has 2 fully saturated rings. The number of nitrogens with one attached hydrogen (secondary N) is 1. The first-order chi connectivity index (χ1) is 16.1. The second-order valence-corrected chi connectivity index (χ2v) is 11.7. The van der Waals surface area contributed by atoms with Crippen LogP contribution in [0, 0.1) is 6.92 Å². The summed E-state index contributed by atoms with van der Waals surface area (Å²) >= 11 is 0. The minimum absolute atomic E-state index is 0.00815. The quantitative estimate of drug-likeness (QED) is 0.605. The molecule has 2 aliphatic heterocycles. The van der Waals surface area contributed by atoms with E-state index in [2.05, 4.69) is 4.72 Å². The van der Waals surface area contributed by atoms with Gasteiger partial charge in [0.05, 0.1) is 30.9 Å². The predicted octanol–water partition coefficient (Wildman–Crippen LogP) is 1.95. The smallest absolute Gasteiger partial charge is 0.261 e. The minimum atomic E-state index is -4.02. The zero-order valence-electron chi connectivity index (χ0n) is 19.0. The van der Waals surface area contributed by atoms with Gasteiger partial charge in [-0.15, -0.1) is 0 Å². The van der Waals surface area contributed by atoms with Crippen LogP contribution in [0.4, 0.5) is 11.4 Å². The van der Waals surface area contributed by atoms with Gasteiger partial charge in [0, 0.05) is 31.7 Å². The largest absolute Gasteiger partial charge is 0.495 e. The molecular formula is C22H27N3O7S2. The standard InChI is InChI=1S/C22H27N3O7S2/c1-16-14-18(6-7-19(16)25-9-3-4-22(25)26)33(27,28)23-17-5-8-20(31-2)21(15-17)34(29,30)24-10-12-32-13-11-24/h5-8,14-15,23H,3-4,9-13H2,1-2H3. The second-order valence-electron chi connectivity index (χ2n) is 8.08. The summed E-state index contributed by atoms with van der Waals surface area (Å²) in [4.78, 5) is 13.6. The molecule has 184 valence electrons. The highest BCUT2D eigenvalue weighted by Crippen LogP contribution is 2.32. The van der Waals surface area contributed by atoms with E-state index in [0.29, 0.717) is 24.2 Å². The number of nitrogens with zero attached hydrogens (tertiary/aromatic N) is 2. The summed E-state index contributed by atoms with van der Waals surface area (Å²) in [6.07, 6.45) is 1.25. The minimum Gasteiger partial charge on any atom is -0.495 e. The van der Waals surface area contributed by atoms with Gasteiger partial charge >= 0.3 is 0 Å². The van der Waals surface area contributed by atoms with E-state index in [4.69, 9.17) is 9.47 Å². The summed E-state index contributed by atoms with van der Waals surface area (Å²) in [6.45, 7) is 3.33. The number of hydrogen-bond donors (Lipinski definition) is 1. The van der Waals surface area contributed by atoms with Gasteiger partial charge in [0.1, 0.15) is 10.6 Å². The van der Waals surface area contributed by atoms with Crippen LogP contribution in [0.25, 0.3) is 0 Å². The van der Waals surface area contributed by atoms with Crippen LogP contribution in [0.15, 0.2) is 46.2 Å². The van der Waals surface area contributed by atoms with Crippen molar-refractivity contribution in [3.05, 3.63) is 42.0 Å². The van der Waals surface area contributed by atoms with Gasteiger partial charge in [0.15, 0.2) is 0 Å². The molecule has 34 heavy (non-hydrogen) atoms. The predicted molar refractivity (Wildman–Crippen MR) is 126 cm³/mol. The molecule has 0 aliphatic carbocycles. The highest BCUT2D eigenvalue weighted by Gasteiger charge is 2.30. The topological polar surface area (TPSA) is 122 Å². The van der Waals surface area contributed by atoms with E-state index >= 15 is 0 Å². The lowest BCUT2D eigenvalue weighted by molar-refractivity contribution is -0.117. The first-order valence-corrected chi connectivity index (χ1v) is 13.8. The van der Waals surface area contributed by atoms with Gasteiger partial charge in [-0.05, 0) is 55.3 Å². The van der Waals surface area contributed by atoms with Gasteiger partial charge in [-0.2, -0.15) is 4.31 Å². The maximum Gasteiger partial charge on any atom is 0.261 e. The Labute approximate surface area is 199 Å². The van der Waals surface area contributed by atoms with Gasteiger partial charge in [0.25, 0.3) is 10.0 Å². The van der Waals surface area contributed by atoms with Crippen molar-refractivity contribution in [3.8, 4) is 5.75 Å². The average molecular weight is 510 g/mol. The monoisotopic (exact) mass is 509 g/mol. The molecule has 1 N–H and O–H groups in total. The third kappa shape index (κ3) is 4.76. The Bertz CT molecular complexity index is 1300. The van der Waals surface area contributed by atoms with E-state index in [-0.39, 0.29) is 53.4 Å². The van der Waals surface area contributed by atoms with Crippen LogP contribution in [0.2, 0.25) is 0 Å². The van der Waals surface area contributed by atoms with Crippen molar-refractivity contribution in [1.82, 2.24) is 4.31 Å². The number of carbonyl (C=O) groups excluding carboxylic acids is 1. The summed E-state index contributed by atoms with van der Waals surface area (Å²) in [7, 11) is -6.58. The number of aryl methyl sites for hydroxylation is 1. The van der Waals surface area contributed by atoms with Crippen LogP contribution in [0.3, 0.4) is 0 Å². The zero-order valence-corrected chi connectivity index (χ0v) is 20.6. The van der Waals surface area contributed by atoms with E-state index in [1.807, 2.05) is 0 Å². The number of morpholine rings is 1. The molecule has 0 aromatic heterocycles. The number of carbonyl (C=O) groups is 1. The molecule has 4 rings (SSSR count). The lowest BCUT2D eigenvalue weighted by Gasteiger charge is -2.27. The van der Waals surface area contributed by atoms with Crippen molar-refractivity contribution < 1.29 is 31.1 Å². The Balaban J connectivity index is 1.62. The molecule has 0 spiro atoms. The number of rotatable bonds is 7. The van der Waals surface area contributed by atoms with Crippen molar-refractivity contribution in [3.63, 3.8) is 0 Å². The molecule has 0 atom stereocenters. The summed E-state index contributed by atoms with van der Waals surface area (Å²) in [5.74, 6) is 0.133. The van der Waals surface area contributed by atoms with E-state index < -0.39 is 20.0 Å². The molecule has 12 heteroatoms. The van der Waals surface area contributed by atoms with Gasteiger partial charge < -0.3 is 14.4 Å². The van der Waals surface area contributed by atoms with E-state index in [1.54, 1.807) is 17.9 Å². The molecule has 2 aliphatic rings. The molecule has 0 bridgehead atoms. The Hall–Kier alpha value is -2.67. The molecule has 2 aromatic rings. The molecule has 2 aromatic carbocycles. The maximum absolute atomic E-state index is 13.2. The van der Waals surface area contributed by atoms with E-state index in [0.717, 1.165) is 6.42 Å². The zero-order chi connectivity index (χ0) is 24.5. The highest BCUT2D eigenvalue weighted by atomic mass is 32.2. The van der Waals surface area contributed by atoms with Crippen molar-refractivity contribution in [2.75, 3.05) is 49.6 Å². The first-order valence-electron chi connectivity index (χ1n) is 10.8. The SMILES string of the molecule is COc1ccc(NS(=O)(=O)c2ccc(N3CCCC3=O)c(C)c2)cc1S(=O)(=O)N1CCOCC1. The van der Waals surface area contributed by atoms with Gasteiger partial charge in [-0.25, -0.2) is 16.8 Å². The van der Waals surface area contributed by atoms with Crippen LogP contribution in [0.1, 0.15) is 18.4 Å². The van der Waals surface area contributed by atoms with Gasteiger partial charge in [-0.1, -0.05) is 0 Å². The Kier molecular flexibility index (Phi) is 6.85. The van der Waals surface area contributed by atoms with Gasteiger partial charge in [0.2, 0.25) is 15.9 Å². The van der Waals surface area contributed by atoms with Crippen molar-refractivity contribution in [2.45, 2.75) is 29.6 Å². The third-order valence-electron chi connectivity index (χ3n) is 5.85. The Morgan fingerprint density at radius 1 is 1.00 bits per heavy atom. The molecule has 0 radical (unpaired) electrons. The van der Waals surface area contributed by atoms with Crippen molar-refractivity contribution >= 4 is 37.3 Å². The highest BCUT2D eigenvalue weighted by molar-refractivity contribution is 7.92. The number of benzene rings is 2. The fourth-order valence-electron chi connectivity index (χ4n) is 4.08. The van der Waals surface area contributed by atoms with E-state index in [9.17, 15) is 21.6 Å². The number of sulfonamides is 2. The van der Waals surface area contributed by atoms with Gasteiger partial charge in [-0.3, -0.25) is 9.52 Å². The van der Waals surface area contributed by atoms with Crippen LogP contribution >= 0.6 is 0 Å². The summed E-state index contributed by atoms with van der Waals surface area (Å²) in [5.41, 5.74) is 1.43. The molecule has 10 nitrogen and oxygen atoms in total. The summed E-state index contributed by atoms with van der Waals surface area (Å²) in [6, 6.07) is 8.67. The van der Waals surface area contributed by atoms with Crippen molar-refractivity contribution in [1.29, 1.82) is 0 Å². The Morgan fingerprint density at radius 3 is 2.35 bits per heavy atom. The average Bonchev–Trinajstić information content (AvgIpc) is 3.24. The summed E-state index contributed by atoms with van der Waals surface area (Å²) in [5, 5.41) is 0. The molecular weight excluding hydrogens is 482 g/mol. The number of hydrogen-bond acceptors (Lipinski definition) is 7. The van der Waals surface area contributed by atoms with Crippen LogP contribution in [0.5, 0.6) is 5.75 Å². The van der Waals surface area contributed by atoms with E-state index in [1.165, 1.54) is 41.7 Å². The second kappa shape index (κ2) is 9.53. The molecule has 1 amide bonds. The number of anilines is 2. The third-order valence-corrected chi connectivity index (χ3v) is 9.15. The normalized spacial score (nSPS) is 17.7. The van der Waals surface area contributed by atoms with Crippen LogP contribution in [-0.2, 0) is 29.6 Å². The molecule has 0 unspecified atom stereocenters. The lowest BCUT2D eigenvalue weighted by atomic mass is 10.2. The molecule has 2 saturated heterocycles. The maximum atomic E-state index is 13.2. The molecule has 0 saturated carbocycles. The lowest BCUT2D eigenvalue weighted by Crippen LogP contribution is -2.40. The number of amides is 1. The van der Waals surface area contributed by atoms with Crippen LogP contribution in [-0.4, -0.2) is 67.0 Å². The fourth-order valence-corrected chi connectivity index (χ4v) is 6.81. The first kappa shape index (κ1) is 24.5. The summed E-state index contributed by atoms with van der Waals surface area (Å²) < 4.78 is 66.7. The van der Waals surface area contributed by atoms with Crippen molar-refractivity contribution in [2.24, 2.45) is 0 Å². The molecule has 2 heterocycles. The Morgan fingerprint density at radius 2 is 1.74 bits per heavy atom. The number of methoxy groups -OCH3 is 1. The number of ether oxygens (including phenoxy) is 2. The van der Waals surface area contributed by atoms with Crippen LogP contribution < -0.4 is 14.4 Å².